The normalized spacial score (nSPS) is 0. The minimum absolute atomic E-state index is 0. The Bertz CT molecular complexity index is 13.5. The summed E-state index contributed by atoms with van der Waals surface area (Å²) in [6.45, 7) is 0. The van der Waals surface area contributed by atoms with Crippen molar-refractivity contribution in [1.82, 2.24) is 0 Å². The second-order valence-electron chi connectivity index (χ2n) is 0. The van der Waals surface area contributed by atoms with Gasteiger partial charge in [-0.3, -0.25) is 0 Å². The summed E-state index contributed by atoms with van der Waals surface area (Å²) in [5, 5.41) is 0. The van der Waals surface area contributed by atoms with Crippen LogP contribution in [0.1, 0.15) is 2.85 Å². The van der Waals surface area contributed by atoms with Crippen molar-refractivity contribution in [1.29, 1.82) is 0 Å². The maximum Gasteiger partial charge on any atom is 2.00 e. The molecule has 2 N–H and O–H groups in total. The fourth-order valence-corrected chi connectivity index (χ4v) is 0. The molecule has 0 rings (SSSR count). The first-order chi connectivity index (χ1) is 0. The zero-order chi connectivity index (χ0) is 0. The Balaban J connectivity index is 0. The third-order valence-electron chi connectivity index (χ3n) is 0. The van der Waals surface area contributed by atoms with Crippen LogP contribution >= 0.6 is 0 Å². The van der Waals surface area contributed by atoms with E-state index in [-0.39, 0.29) is 91.9 Å². The van der Waals surface area contributed by atoms with E-state index in [2.05, 4.69) is 0 Å². The van der Waals surface area contributed by atoms with Gasteiger partial charge < -0.3 is 8.33 Å². The van der Waals surface area contributed by atoms with Crippen molar-refractivity contribution in [2.45, 2.75) is 0 Å². The fraction of sp³-hybridized carbons (Fsp3) is 0. The van der Waals surface area contributed by atoms with Crippen LogP contribution in [0.4, 0.5) is 0 Å². The van der Waals surface area contributed by atoms with Gasteiger partial charge in [0, 0.05) is 38.1 Å². The van der Waals surface area contributed by atoms with E-state index in [9.17, 15) is 0 Å². The molecule has 0 atom stereocenters. The van der Waals surface area contributed by atoms with Crippen LogP contribution in [-0.2, 0) is 38.1 Å². The molecule has 0 fully saturated rings. The van der Waals surface area contributed by atoms with Crippen LogP contribution in [0.15, 0.2) is 0 Å². The molecule has 0 saturated heterocycles. The molecule has 1 nitrogen and oxygen atoms in total. The van der Waals surface area contributed by atoms with Gasteiger partial charge in [0.2, 0.25) is 0 Å². The summed E-state index contributed by atoms with van der Waals surface area (Å²) in [5.74, 6) is 0. The Labute approximate surface area is 90.2 Å². The minimum Gasteiger partial charge on any atom is -1.00 e. The van der Waals surface area contributed by atoms with Gasteiger partial charge in [-0.05, 0) is 0 Å². The summed E-state index contributed by atoms with van der Waals surface area (Å²) in [7, 11) is 0. The predicted octanol–water partition coefficient (Wildman–Crippen LogP) is -0.986. The van der Waals surface area contributed by atoms with Gasteiger partial charge in [0.1, 0.15) is 0 Å². The third-order valence-corrected chi connectivity index (χ3v) is 0. The van der Waals surface area contributed by atoms with E-state index in [0.29, 0.717) is 0 Å². The maximum absolute atomic E-state index is 0. The van der Waals surface area contributed by atoms with E-state index in [1.807, 2.05) is 0 Å². The second kappa shape index (κ2) is 17.4. The topological polar surface area (TPSA) is 31.5 Å². The van der Waals surface area contributed by atoms with E-state index in [1.165, 1.54) is 0 Å². The Morgan fingerprint density at radius 1 is 1.25 bits per heavy atom. The summed E-state index contributed by atoms with van der Waals surface area (Å²) in [5.41, 5.74) is 0. The molecule has 4 heteroatoms. The van der Waals surface area contributed by atoms with Gasteiger partial charge in [-0.1, -0.05) is 0 Å². The molecule has 0 aliphatic heterocycles. The molecule has 0 spiro atoms. The van der Waals surface area contributed by atoms with Gasteiger partial charge in [0.15, 0.2) is 0 Å². The summed E-state index contributed by atoms with van der Waals surface area (Å²) < 4.78 is 0. The Kier molecular flexibility index (Phi) is 132. The largest absolute Gasteiger partial charge is 2.00 e. The van der Waals surface area contributed by atoms with Gasteiger partial charge >= 0.3 is 45.5 Å². The molecule has 0 unspecified atom stereocenters. The zero-order valence-electron chi connectivity index (χ0n) is 3.97. The molecule has 0 bridgehead atoms. The van der Waals surface area contributed by atoms with Crippen LogP contribution in [0.25, 0.3) is 0 Å². The number of hydrogen-bond acceptors (Lipinski definition) is 0. The van der Waals surface area contributed by atoms with Crippen molar-refractivity contribution in [3.63, 3.8) is 0 Å². The van der Waals surface area contributed by atoms with Crippen LogP contribution in [0, 0.1) is 0 Å². The number of hydrogen-bond donors (Lipinski definition) is 0. The first-order valence-electron chi connectivity index (χ1n) is 0. The van der Waals surface area contributed by atoms with Crippen molar-refractivity contribution >= 4 is 45.5 Å². The maximum atomic E-state index is 0. The Hall–Kier alpha value is 2.65. The molecule has 0 aliphatic rings. The number of rotatable bonds is 0. The molecule has 26 valence electrons. The Morgan fingerprint density at radius 3 is 1.25 bits per heavy atom. The molecular formula is H4FeMoOSr. The van der Waals surface area contributed by atoms with E-state index < -0.39 is 0 Å². The Morgan fingerprint density at radius 2 is 1.25 bits per heavy atom. The SMILES string of the molecule is O.[Fe].[H-].[H-].[Mo].[Sr+2]. The van der Waals surface area contributed by atoms with Gasteiger partial charge in [-0.2, -0.15) is 0 Å². The molecule has 4 heavy (non-hydrogen) atoms. The van der Waals surface area contributed by atoms with Crippen LogP contribution in [0.5, 0.6) is 0 Å². The fourth-order valence-electron chi connectivity index (χ4n) is 0. The van der Waals surface area contributed by atoms with E-state index in [1.54, 1.807) is 0 Å². The average Bonchev–Trinajstić information content (AvgIpc) is 0. The first-order valence-corrected chi connectivity index (χ1v) is 0. The molecule has 0 aromatic heterocycles. The van der Waals surface area contributed by atoms with Crippen LogP contribution in [-0.4, -0.2) is 51.0 Å². The molecular weight excluding hydrogens is 255 g/mol. The molecule has 0 aromatic rings. The average molecular weight is 259 g/mol. The molecule has 0 aromatic carbocycles. The van der Waals surface area contributed by atoms with Crippen LogP contribution in [0.2, 0.25) is 0 Å². The summed E-state index contributed by atoms with van der Waals surface area (Å²) in [4.78, 5) is 0. The predicted molar refractivity (Wildman–Crippen MR) is 11.6 cm³/mol. The monoisotopic (exact) mass is 262 g/mol. The van der Waals surface area contributed by atoms with Gasteiger partial charge in [0.05, 0.1) is 0 Å². The van der Waals surface area contributed by atoms with Crippen LogP contribution in [0.3, 0.4) is 0 Å². The zero-order valence-corrected chi connectivity index (χ0v) is 8.56. The van der Waals surface area contributed by atoms with Crippen molar-refractivity contribution in [3.05, 3.63) is 0 Å². The molecule has 0 heterocycles. The van der Waals surface area contributed by atoms with E-state index >= 15 is 0 Å². The molecule has 0 amide bonds. The van der Waals surface area contributed by atoms with Gasteiger partial charge in [-0.15, -0.1) is 0 Å². The molecule has 0 radical (unpaired) electrons. The van der Waals surface area contributed by atoms with Crippen molar-refractivity contribution in [2.24, 2.45) is 0 Å². The van der Waals surface area contributed by atoms with E-state index in [4.69, 9.17) is 0 Å². The van der Waals surface area contributed by atoms with Gasteiger partial charge in [-0.25, -0.2) is 0 Å². The first kappa shape index (κ1) is 30.2. The summed E-state index contributed by atoms with van der Waals surface area (Å²) >= 11 is 0. The smallest absolute Gasteiger partial charge is 1.00 e. The van der Waals surface area contributed by atoms with Crippen LogP contribution < -0.4 is 0 Å². The van der Waals surface area contributed by atoms with Crippen molar-refractivity contribution < 1.29 is 46.5 Å². The summed E-state index contributed by atoms with van der Waals surface area (Å²) in [6, 6.07) is 0. The summed E-state index contributed by atoms with van der Waals surface area (Å²) in [6.07, 6.45) is 0. The van der Waals surface area contributed by atoms with Gasteiger partial charge in [0.25, 0.3) is 0 Å². The minimum atomic E-state index is 0. The quantitative estimate of drug-likeness (QED) is 0.501. The van der Waals surface area contributed by atoms with Crippen molar-refractivity contribution in [2.75, 3.05) is 0 Å². The third kappa shape index (κ3) is 8.82. The standard InChI is InChI=1S/Fe.Mo.H2O.Sr.2H/h;;1H2;;;/q;;;+2;2*-1. The van der Waals surface area contributed by atoms with Crippen molar-refractivity contribution in [3.8, 4) is 0 Å². The molecule has 0 aliphatic carbocycles. The molecule has 0 saturated carbocycles. The second-order valence-corrected chi connectivity index (χ2v) is 0. The van der Waals surface area contributed by atoms with E-state index in [0.717, 1.165) is 0 Å².